The number of nitrogens with one attached hydrogen (secondary N) is 1. The zero-order valence-electron chi connectivity index (χ0n) is 12.8. The summed E-state index contributed by atoms with van der Waals surface area (Å²) in [5, 5.41) is 3.60. The van der Waals surface area contributed by atoms with Gasteiger partial charge in [-0.05, 0) is 53.5 Å². The van der Waals surface area contributed by atoms with Gasteiger partial charge in [-0.15, -0.1) is 0 Å². The number of rotatable bonds is 3. The zero-order chi connectivity index (χ0) is 14.0. The summed E-state index contributed by atoms with van der Waals surface area (Å²) in [6, 6.07) is 2.54. The Labute approximate surface area is 116 Å². The van der Waals surface area contributed by atoms with Gasteiger partial charge in [-0.25, -0.2) is 9.97 Å². The normalized spacial score (nSPS) is 20.1. The fourth-order valence-electron chi connectivity index (χ4n) is 2.57. The molecule has 1 N–H and O–H groups in total. The lowest BCUT2D eigenvalue weighted by Gasteiger charge is -2.29. The average Bonchev–Trinajstić information content (AvgIpc) is 2.72. The minimum Gasteiger partial charge on any atom is -0.337 e. The standard InChI is InChI=1S/C15H26N4/c1-11-9-12(2)18-14(17-11)19-8-6-7-13(19)10-16-15(3,4)5/h9,13,16H,6-8,10H2,1-5H3. The van der Waals surface area contributed by atoms with Gasteiger partial charge < -0.3 is 10.2 Å². The van der Waals surface area contributed by atoms with E-state index in [1.54, 1.807) is 0 Å². The molecule has 1 aromatic rings. The molecule has 0 radical (unpaired) electrons. The number of nitrogens with zero attached hydrogens (tertiary/aromatic N) is 3. The van der Waals surface area contributed by atoms with Crippen molar-refractivity contribution in [1.82, 2.24) is 15.3 Å². The molecule has 1 unspecified atom stereocenters. The van der Waals surface area contributed by atoms with Crippen LogP contribution < -0.4 is 10.2 Å². The first-order valence-electron chi connectivity index (χ1n) is 7.19. The predicted molar refractivity (Wildman–Crippen MR) is 79.6 cm³/mol. The maximum absolute atomic E-state index is 4.60. The predicted octanol–water partition coefficient (Wildman–Crippen LogP) is 2.45. The van der Waals surface area contributed by atoms with Crippen LogP contribution in [0.25, 0.3) is 0 Å². The van der Waals surface area contributed by atoms with Crippen molar-refractivity contribution < 1.29 is 0 Å². The molecule has 1 saturated heterocycles. The SMILES string of the molecule is Cc1cc(C)nc(N2CCCC2CNC(C)(C)C)n1. The Morgan fingerprint density at radius 1 is 1.26 bits per heavy atom. The molecule has 106 valence electrons. The molecule has 2 heterocycles. The first kappa shape index (κ1) is 14.3. The van der Waals surface area contributed by atoms with E-state index in [0.717, 1.165) is 30.4 Å². The van der Waals surface area contributed by atoms with E-state index in [9.17, 15) is 0 Å². The van der Waals surface area contributed by atoms with Gasteiger partial charge in [0.05, 0.1) is 0 Å². The lowest BCUT2D eigenvalue weighted by atomic mass is 10.1. The van der Waals surface area contributed by atoms with Crippen molar-refractivity contribution in [3.05, 3.63) is 17.5 Å². The van der Waals surface area contributed by atoms with E-state index in [1.807, 2.05) is 19.9 Å². The Bertz CT molecular complexity index is 416. The molecule has 0 aliphatic carbocycles. The summed E-state index contributed by atoms with van der Waals surface area (Å²) in [4.78, 5) is 11.6. The summed E-state index contributed by atoms with van der Waals surface area (Å²) >= 11 is 0. The Hall–Kier alpha value is -1.16. The highest BCUT2D eigenvalue weighted by Gasteiger charge is 2.27. The van der Waals surface area contributed by atoms with Crippen molar-refractivity contribution in [3.8, 4) is 0 Å². The third kappa shape index (κ3) is 3.90. The molecule has 4 nitrogen and oxygen atoms in total. The van der Waals surface area contributed by atoms with Crippen LogP contribution in [-0.2, 0) is 0 Å². The molecular formula is C15H26N4. The van der Waals surface area contributed by atoms with Crippen LogP contribution in [0.1, 0.15) is 45.0 Å². The Morgan fingerprint density at radius 2 is 1.89 bits per heavy atom. The van der Waals surface area contributed by atoms with E-state index in [0.29, 0.717) is 6.04 Å². The maximum atomic E-state index is 4.60. The molecule has 1 aliphatic heterocycles. The van der Waals surface area contributed by atoms with Gasteiger partial charge in [0.1, 0.15) is 0 Å². The van der Waals surface area contributed by atoms with Gasteiger partial charge in [0.2, 0.25) is 5.95 Å². The summed E-state index contributed by atoms with van der Waals surface area (Å²) in [6.45, 7) is 12.8. The molecule has 1 aliphatic rings. The number of hydrogen-bond donors (Lipinski definition) is 1. The van der Waals surface area contributed by atoms with Gasteiger partial charge in [0.15, 0.2) is 0 Å². The fourth-order valence-corrected chi connectivity index (χ4v) is 2.57. The Morgan fingerprint density at radius 3 is 2.47 bits per heavy atom. The van der Waals surface area contributed by atoms with Crippen molar-refractivity contribution in [1.29, 1.82) is 0 Å². The molecule has 0 amide bonds. The topological polar surface area (TPSA) is 41.1 Å². The second-order valence-electron chi connectivity index (χ2n) is 6.57. The highest BCUT2D eigenvalue weighted by Crippen LogP contribution is 2.23. The highest BCUT2D eigenvalue weighted by atomic mass is 15.3. The molecule has 4 heteroatoms. The molecule has 0 spiro atoms. The van der Waals surface area contributed by atoms with E-state index < -0.39 is 0 Å². The molecule has 1 fully saturated rings. The minimum absolute atomic E-state index is 0.164. The molecule has 0 aromatic carbocycles. The number of aromatic nitrogens is 2. The molecule has 1 atom stereocenters. The fraction of sp³-hybridized carbons (Fsp3) is 0.733. The summed E-state index contributed by atoms with van der Waals surface area (Å²) in [5.41, 5.74) is 2.27. The van der Waals surface area contributed by atoms with Crippen molar-refractivity contribution >= 4 is 5.95 Å². The van der Waals surface area contributed by atoms with Crippen LogP contribution in [0.4, 0.5) is 5.95 Å². The maximum Gasteiger partial charge on any atom is 0.226 e. The van der Waals surface area contributed by atoms with Crippen molar-refractivity contribution in [2.75, 3.05) is 18.0 Å². The van der Waals surface area contributed by atoms with Gasteiger partial charge in [0, 0.05) is 36.1 Å². The van der Waals surface area contributed by atoms with Crippen LogP contribution in [0.3, 0.4) is 0 Å². The van der Waals surface area contributed by atoms with E-state index in [-0.39, 0.29) is 5.54 Å². The second kappa shape index (κ2) is 5.45. The average molecular weight is 262 g/mol. The van der Waals surface area contributed by atoms with Crippen LogP contribution in [0.2, 0.25) is 0 Å². The van der Waals surface area contributed by atoms with Crippen molar-refractivity contribution in [3.63, 3.8) is 0 Å². The lowest BCUT2D eigenvalue weighted by Crippen LogP contribution is -2.45. The number of aryl methyl sites for hydroxylation is 2. The molecule has 1 aromatic heterocycles. The summed E-state index contributed by atoms with van der Waals surface area (Å²) < 4.78 is 0. The first-order valence-corrected chi connectivity index (χ1v) is 7.19. The number of anilines is 1. The van der Waals surface area contributed by atoms with E-state index in [2.05, 4.69) is 41.0 Å². The van der Waals surface area contributed by atoms with Crippen molar-refractivity contribution in [2.24, 2.45) is 0 Å². The monoisotopic (exact) mass is 262 g/mol. The van der Waals surface area contributed by atoms with Crippen LogP contribution in [0.5, 0.6) is 0 Å². The quantitative estimate of drug-likeness (QED) is 0.908. The molecule has 0 saturated carbocycles. The van der Waals surface area contributed by atoms with Crippen LogP contribution in [0.15, 0.2) is 6.07 Å². The third-order valence-corrected chi connectivity index (χ3v) is 3.47. The van der Waals surface area contributed by atoms with Crippen LogP contribution in [-0.4, -0.2) is 34.6 Å². The van der Waals surface area contributed by atoms with E-state index in [1.165, 1.54) is 12.8 Å². The number of hydrogen-bond acceptors (Lipinski definition) is 4. The third-order valence-electron chi connectivity index (χ3n) is 3.47. The molecule has 0 bridgehead atoms. The van der Waals surface area contributed by atoms with Gasteiger partial charge in [0.25, 0.3) is 0 Å². The van der Waals surface area contributed by atoms with Crippen LogP contribution >= 0.6 is 0 Å². The zero-order valence-corrected chi connectivity index (χ0v) is 12.8. The Kier molecular flexibility index (Phi) is 4.09. The van der Waals surface area contributed by atoms with Gasteiger partial charge in [-0.1, -0.05) is 0 Å². The highest BCUT2D eigenvalue weighted by molar-refractivity contribution is 5.35. The van der Waals surface area contributed by atoms with Gasteiger partial charge >= 0.3 is 0 Å². The van der Waals surface area contributed by atoms with E-state index >= 15 is 0 Å². The molecular weight excluding hydrogens is 236 g/mol. The largest absolute Gasteiger partial charge is 0.337 e. The first-order chi connectivity index (χ1) is 8.85. The van der Waals surface area contributed by atoms with Crippen molar-refractivity contribution in [2.45, 2.75) is 59.0 Å². The molecule has 2 rings (SSSR count). The summed E-state index contributed by atoms with van der Waals surface area (Å²) in [5.74, 6) is 0.899. The van der Waals surface area contributed by atoms with Gasteiger partial charge in [-0.2, -0.15) is 0 Å². The Balaban J connectivity index is 2.09. The van der Waals surface area contributed by atoms with Gasteiger partial charge in [-0.3, -0.25) is 0 Å². The second-order valence-corrected chi connectivity index (χ2v) is 6.57. The minimum atomic E-state index is 0.164. The van der Waals surface area contributed by atoms with E-state index in [4.69, 9.17) is 0 Å². The smallest absolute Gasteiger partial charge is 0.226 e. The summed E-state index contributed by atoms with van der Waals surface area (Å²) in [6.07, 6.45) is 2.45. The molecule has 19 heavy (non-hydrogen) atoms. The summed E-state index contributed by atoms with van der Waals surface area (Å²) in [7, 11) is 0. The van der Waals surface area contributed by atoms with Crippen LogP contribution in [0, 0.1) is 13.8 Å². The lowest BCUT2D eigenvalue weighted by molar-refractivity contribution is 0.404.